The number of hydrogen-bond acceptors (Lipinski definition) is 1. The van der Waals surface area contributed by atoms with Crippen LogP contribution < -0.4 is 10.6 Å². The van der Waals surface area contributed by atoms with E-state index in [4.69, 9.17) is 0 Å². The van der Waals surface area contributed by atoms with E-state index in [-0.39, 0.29) is 6.03 Å². The minimum atomic E-state index is -0.166. The van der Waals surface area contributed by atoms with Gasteiger partial charge in [0, 0.05) is 12.1 Å². The first-order valence-electron chi connectivity index (χ1n) is 4.81. The summed E-state index contributed by atoms with van der Waals surface area (Å²) < 4.78 is 0. The molecule has 0 aromatic rings. The SMILES string of the molecule is CC#CNC(=O)NC1CCCCC1. The molecule has 2 N–H and O–H groups in total. The lowest BCUT2D eigenvalue weighted by atomic mass is 9.96. The highest BCUT2D eigenvalue weighted by atomic mass is 16.2. The summed E-state index contributed by atoms with van der Waals surface area (Å²) in [6.45, 7) is 1.70. The predicted molar refractivity (Wildman–Crippen MR) is 52.0 cm³/mol. The fraction of sp³-hybridized carbons (Fsp3) is 0.700. The highest BCUT2D eigenvalue weighted by molar-refractivity contribution is 5.76. The maximum absolute atomic E-state index is 11.1. The first-order valence-corrected chi connectivity index (χ1v) is 4.81. The van der Waals surface area contributed by atoms with Crippen LogP contribution in [0.25, 0.3) is 0 Å². The zero-order valence-corrected chi connectivity index (χ0v) is 8.02. The Morgan fingerprint density at radius 1 is 1.31 bits per heavy atom. The number of carbonyl (C=O) groups excluding carboxylic acids is 1. The predicted octanol–water partition coefficient (Wildman–Crippen LogP) is 1.60. The summed E-state index contributed by atoms with van der Waals surface area (Å²) in [4.78, 5) is 11.1. The Hall–Kier alpha value is -1.17. The van der Waals surface area contributed by atoms with Gasteiger partial charge in [-0.1, -0.05) is 25.2 Å². The zero-order chi connectivity index (χ0) is 9.52. The number of amides is 2. The highest BCUT2D eigenvalue weighted by Crippen LogP contribution is 2.16. The van der Waals surface area contributed by atoms with E-state index in [0.717, 1.165) is 12.8 Å². The van der Waals surface area contributed by atoms with E-state index in [1.54, 1.807) is 6.92 Å². The van der Waals surface area contributed by atoms with Crippen LogP contribution in [0, 0.1) is 12.0 Å². The van der Waals surface area contributed by atoms with Crippen molar-refractivity contribution in [2.45, 2.75) is 45.1 Å². The van der Waals surface area contributed by atoms with Crippen LogP contribution in [0.3, 0.4) is 0 Å². The quantitative estimate of drug-likeness (QED) is 0.467. The van der Waals surface area contributed by atoms with E-state index in [1.807, 2.05) is 0 Å². The van der Waals surface area contributed by atoms with Crippen molar-refractivity contribution in [3.8, 4) is 12.0 Å². The third kappa shape index (κ3) is 3.84. The number of hydrogen-bond donors (Lipinski definition) is 2. The topological polar surface area (TPSA) is 41.1 Å². The van der Waals surface area contributed by atoms with Crippen LogP contribution in [0.4, 0.5) is 4.79 Å². The molecule has 0 aromatic heterocycles. The van der Waals surface area contributed by atoms with Crippen molar-refractivity contribution in [3.63, 3.8) is 0 Å². The number of carbonyl (C=O) groups is 1. The van der Waals surface area contributed by atoms with Crippen LogP contribution in [-0.4, -0.2) is 12.1 Å². The molecule has 0 saturated heterocycles. The average molecular weight is 180 g/mol. The minimum absolute atomic E-state index is 0.166. The van der Waals surface area contributed by atoms with Gasteiger partial charge in [0.25, 0.3) is 0 Å². The fourth-order valence-corrected chi connectivity index (χ4v) is 1.59. The Bertz CT molecular complexity index is 221. The molecule has 0 spiro atoms. The number of urea groups is 1. The zero-order valence-electron chi connectivity index (χ0n) is 8.02. The highest BCUT2D eigenvalue weighted by Gasteiger charge is 2.14. The van der Waals surface area contributed by atoms with E-state index < -0.39 is 0 Å². The summed E-state index contributed by atoms with van der Waals surface area (Å²) >= 11 is 0. The van der Waals surface area contributed by atoms with Crippen molar-refractivity contribution in [2.24, 2.45) is 0 Å². The van der Waals surface area contributed by atoms with Gasteiger partial charge in [-0.25, -0.2) is 4.79 Å². The first kappa shape index (κ1) is 9.91. The molecular weight excluding hydrogens is 164 g/mol. The summed E-state index contributed by atoms with van der Waals surface area (Å²) in [6, 6.07) is 2.71. The third-order valence-corrected chi connectivity index (χ3v) is 2.24. The second-order valence-corrected chi connectivity index (χ2v) is 3.31. The molecule has 1 aliphatic rings. The Morgan fingerprint density at radius 2 is 2.00 bits per heavy atom. The Balaban J connectivity index is 2.20. The van der Waals surface area contributed by atoms with Gasteiger partial charge in [0.2, 0.25) is 0 Å². The fourth-order valence-electron chi connectivity index (χ4n) is 1.59. The van der Waals surface area contributed by atoms with Gasteiger partial charge >= 0.3 is 6.03 Å². The van der Waals surface area contributed by atoms with Gasteiger partial charge in [0.1, 0.15) is 0 Å². The maximum atomic E-state index is 11.1. The number of rotatable bonds is 1. The smallest absolute Gasteiger partial charge is 0.326 e. The molecule has 1 rings (SSSR count). The van der Waals surface area contributed by atoms with Crippen LogP contribution in [0.1, 0.15) is 39.0 Å². The van der Waals surface area contributed by atoms with Gasteiger partial charge in [-0.15, -0.1) is 0 Å². The van der Waals surface area contributed by atoms with Gasteiger partial charge in [-0.2, -0.15) is 0 Å². The molecule has 0 aromatic carbocycles. The monoisotopic (exact) mass is 180 g/mol. The molecule has 1 fully saturated rings. The van der Waals surface area contributed by atoms with Gasteiger partial charge in [-0.05, 0) is 19.8 Å². The lowest BCUT2D eigenvalue weighted by Crippen LogP contribution is -2.41. The molecule has 0 atom stereocenters. The van der Waals surface area contributed by atoms with E-state index in [2.05, 4.69) is 22.6 Å². The molecule has 1 saturated carbocycles. The summed E-state index contributed by atoms with van der Waals surface area (Å²) in [5.41, 5.74) is 0. The van der Waals surface area contributed by atoms with Gasteiger partial charge in [-0.3, -0.25) is 5.32 Å². The molecule has 0 aliphatic heterocycles. The molecule has 0 bridgehead atoms. The molecule has 3 heteroatoms. The van der Waals surface area contributed by atoms with Crippen molar-refractivity contribution in [1.82, 2.24) is 10.6 Å². The second-order valence-electron chi connectivity index (χ2n) is 3.31. The summed E-state index contributed by atoms with van der Waals surface area (Å²) in [7, 11) is 0. The Labute approximate surface area is 79.3 Å². The molecule has 2 amide bonds. The minimum Gasteiger partial charge on any atom is -0.335 e. The van der Waals surface area contributed by atoms with Crippen LogP contribution in [-0.2, 0) is 0 Å². The average Bonchev–Trinajstić information content (AvgIpc) is 2.16. The lowest BCUT2D eigenvalue weighted by Gasteiger charge is -2.22. The van der Waals surface area contributed by atoms with Crippen LogP contribution in [0.5, 0.6) is 0 Å². The Morgan fingerprint density at radius 3 is 2.62 bits per heavy atom. The van der Waals surface area contributed by atoms with Crippen molar-refractivity contribution < 1.29 is 4.79 Å². The molecule has 0 unspecified atom stereocenters. The lowest BCUT2D eigenvalue weighted by molar-refractivity contribution is 0.236. The molecule has 1 aliphatic carbocycles. The van der Waals surface area contributed by atoms with Crippen LogP contribution in [0.2, 0.25) is 0 Å². The van der Waals surface area contributed by atoms with E-state index >= 15 is 0 Å². The molecule has 0 radical (unpaired) electrons. The third-order valence-electron chi connectivity index (χ3n) is 2.24. The first-order chi connectivity index (χ1) is 6.33. The van der Waals surface area contributed by atoms with Crippen LogP contribution in [0.15, 0.2) is 0 Å². The maximum Gasteiger partial charge on any atom is 0.326 e. The van der Waals surface area contributed by atoms with Gasteiger partial charge < -0.3 is 5.32 Å². The summed E-state index contributed by atoms with van der Waals surface area (Å²) in [5, 5.41) is 5.37. The summed E-state index contributed by atoms with van der Waals surface area (Å²) in [5.74, 6) is 2.61. The van der Waals surface area contributed by atoms with E-state index in [1.165, 1.54) is 19.3 Å². The molecule has 3 nitrogen and oxygen atoms in total. The molecule has 13 heavy (non-hydrogen) atoms. The normalized spacial score (nSPS) is 17.0. The van der Waals surface area contributed by atoms with Gasteiger partial charge in [0.15, 0.2) is 0 Å². The van der Waals surface area contributed by atoms with Crippen molar-refractivity contribution in [1.29, 1.82) is 0 Å². The van der Waals surface area contributed by atoms with Crippen LogP contribution >= 0.6 is 0 Å². The largest absolute Gasteiger partial charge is 0.335 e. The number of nitrogens with one attached hydrogen (secondary N) is 2. The van der Waals surface area contributed by atoms with Crippen molar-refractivity contribution >= 4 is 6.03 Å². The Kier molecular flexibility index (Phi) is 4.17. The van der Waals surface area contributed by atoms with Crippen molar-refractivity contribution in [2.75, 3.05) is 0 Å². The molecular formula is C10H16N2O. The summed E-state index contributed by atoms with van der Waals surface area (Å²) in [6.07, 6.45) is 5.96. The molecule has 0 heterocycles. The van der Waals surface area contributed by atoms with Crippen molar-refractivity contribution in [3.05, 3.63) is 0 Å². The van der Waals surface area contributed by atoms with E-state index in [0.29, 0.717) is 6.04 Å². The standard InChI is InChI=1S/C10H16N2O/c1-2-8-11-10(13)12-9-6-4-3-5-7-9/h9H,3-7H2,1H3,(H2,11,12,13). The second kappa shape index (κ2) is 5.47. The van der Waals surface area contributed by atoms with Gasteiger partial charge in [0.05, 0.1) is 0 Å². The van der Waals surface area contributed by atoms with E-state index in [9.17, 15) is 4.79 Å². The molecule has 72 valence electrons.